The van der Waals surface area contributed by atoms with Gasteiger partial charge in [0.25, 0.3) is 0 Å². The van der Waals surface area contributed by atoms with Crippen LogP contribution < -0.4 is 0 Å². The zero-order chi connectivity index (χ0) is 8.10. The minimum atomic E-state index is 0.443. The lowest BCUT2D eigenvalue weighted by molar-refractivity contribution is 0.333. The van der Waals surface area contributed by atoms with Crippen molar-refractivity contribution in [2.45, 2.75) is 57.2 Å². The fourth-order valence-electron chi connectivity index (χ4n) is 1.95. The van der Waals surface area contributed by atoms with Crippen LogP contribution in [0.4, 0.5) is 0 Å². The van der Waals surface area contributed by atoms with Crippen molar-refractivity contribution in [3.63, 3.8) is 0 Å². The van der Waals surface area contributed by atoms with E-state index in [0.717, 1.165) is 12.3 Å². The van der Waals surface area contributed by atoms with Crippen molar-refractivity contribution >= 4 is 11.6 Å². The summed E-state index contributed by atoms with van der Waals surface area (Å²) in [6.45, 7) is 2.18. The van der Waals surface area contributed by atoms with Crippen molar-refractivity contribution in [2.24, 2.45) is 5.92 Å². The molecule has 1 aliphatic rings. The standard InChI is InChI=1S/C10H19Cl/c1-2-10(11)8-9-6-4-3-5-7-9/h9-10H,2-8H2,1H3. The number of halogens is 1. The summed E-state index contributed by atoms with van der Waals surface area (Å²) < 4.78 is 0. The topological polar surface area (TPSA) is 0 Å². The van der Waals surface area contributed by atoms with E-state index in [1.807, 2.05) is 0 Å². The maximum Gasteiger partial charge on any atom is 0.0336 e. The third-order valence-electron chi connectivity index (χ3n) is 2.76. The van der Waals surface area contributed by atoms with E-state index in [9.17, 15) is 0 Å². The Morgan fingerprint density at radius 3 is 2.45 bits per heavy atom. The molecule has 0 bridgehead atoms. The van der Waals surface area contributed by atoms with Gasteiger partial charge in [-0.2, -0.15) is 0 Å². The first kappa shape index (κ1) is 9.38. The van der Waals surface area contributed by atoms with Crippen molar-refractivity contribution in [1.29, 1.82) is 0 Å². The molecule has 1 atom stereocenters. The van der Waals surface area contributed by atoms with Crippen molar-refractivity contribution in [3.8, 4) is 0 Å². The number of hydrogen-bond acceptors (Lipinski definition) is 0. The van der Waals surface area contributed by atoms with Gasteiger partial charge in [-0.3, -0.25) is 0 Å². The molecule has 0 aromatic carbocycles. The van der Waals surface area contributed by atoms with Crippen molar-refractivity contribution in [2.75, 3.05) is 0 Å². The molecule has 0 heterocycles. The zero-order valence-corrected chi connectivity index (χ0v) is 8.24. The van der Waals surface area contributed by atoms with Crippen molar-refractivity contribution in [3.05, 3.63) is 0 Å². The summed E-state index contributed by atoms with van der Waals surface area (Å²) in [5, 5.41) is 0.443. The molecule has 11 heavy (non-hydrogen) atoms. The van der Waals surface area contributed by atoms with Gasteiger partial charge in [-0.25, -0.2) is 0 Å². The van der Waals surface area contributed by atoms with E-state index in [1.165, 1.54) is 38.5 Å². The lowest BCUT2D eigenvalue weighted by Gasteiger charge is -2.22. The first-order valence-corrected chi connectivity index (χ1v) is 5.40. The lowest BCUT2D eigenvalue weighted by Crippen LogP contribution is -2.11. The highest BCUT2D eigenvalue weighted by atomic mass is 35.5. The van der Waals surface area contributed by atoms with Crippen LogP contribution in [0.3, 0.4) is 0 Å². The molecular formula is C10H19Cl. The van der Waals surface area contributed by atoms with Gasteiger partial charge in [-0.15, -0.1) is 11.6 Å². The predicted octanol–water partition coefficient (Wildman–Crippen LogP) is 3.97. The van der Waals surface area contributed by atoms with Crippen LogP contribution in [0.5, 0.6) is 0 Å². The summed E-state index contributed by atoms with van der Waals surface area (Å²) in [6, 6.07) is 0. The highest BCUT2D eigenvalue weighted by Gasteiger charge is 2.16. The van der Waals surface area contributed by atoms with Gasteiger partial charge < -0.3 is 0 Å². The third kappa shape index (κ3) is 3.46. The molecule has 0 aliphatic heterocycles. The van der Waals surface area contributed by atoms with Crippen LogP contribution in [-0.4, -0.2) is 5.38 Å². The molecular weight excluding hydrogens is 156 g/mol. The molecule has 1 heteroatoms. The van der Waals surface area contributed by atoms with Gasteiger partial charge in [0.2, 0.25) is 0 Å². The molecule has 1 unspecified atom stereocenters. The second kappa shape index (κ2) is 5.03. The van der Waals surface area contributed by atoms with E-state index in [-0.39, 0.29) is 0 Å². The first-order valence-electron chi connectivity index (χ1n) is 4.97. The summed E-state index contributed by atoms with van der Waals surface area (Å²) in [7, 11) is 0. The van der Waals surface area contributed by atoms with Crippen LogP contribution in [0.2, 0.25) is 0 Å². The summed E-state index contributed by atoms with van der Waals surface area (Å²) in [6.07, 6.45) is 9.61. The van der Waals surface area contributed by atoms with Gasteiger partial charge in [0.15, 0.2) is 0 Å². The van der Waals surface area contributed by atoms with Gasteiger partial charge in [0.05, 0.1) is 0 Å². The molecule has 0 spiro atoms. The molecule has 0 aromatic heterocycles. The van der Waals surface area contributed by atoms with Gasteiger partial charge in [-0.1, -0.05) is 39.0 Å². The number of alkyl halides is 1. The SMILES string of the molecule is CCC(Cl)CC1CCCCC1. The van der Waals surface area contributed by atoms with E-state index < -0.39 is 0 Å². The highest BCUT2D eigenvalue weighted by molar-refractivity contribution is 6.20. The Morgan fingerprint density at radius 2 is 1.91 bits per heavy atom. The number of hydrogen-bond donors (Lipinski definition) is 0. The average molecular weight is 175 g/mol. The summed E-state index contributed by atoms with van der Waals surface area (Å²) in [4.78, 5) is 0. The molecule has 66 valence electrons. The normalized spacial score (nSPS) is 23.5. The van der Waals surface area contributed by atoms with E-state index in [2.05, 4.69) is 6.92 Å². The molecule has 0 saturated heterocycles. The van der Waals surface area contributed by atoms with Crippen LogP contribution >= 0.6 is 11.6 Å². The maximum atomic E-state index is 6.10. The predicted molar refractivity (Wildman–Crippen MR) is 51.1 cm³/mol. The Morgan fingerprint density at radius 1 is 1.27 bits per heavy atom. The van der Waals surface area contributed by atoms with Gasteiger partial charge in [0, 0.05) is 5.38 Å². The minimum Gasteiger partial charge on any atom is -0.123 e. The van der Waals surface area contributed by atoms with Crippen LogP contribution in [0.1, 0.15) is 51.9 Å². The van der Waals surface area contributed by atoms with Crippen LogP contribution in [0, 0.1) is 5.92 Å². The molecule has 0 nitrogen and oxygen atoms in total. The monoisotopic (exact) mass is 174 g/mol. The Balaban J connectivity index is 2.13. The van der Waals surface area contributed by atoms with Crippen molar-refractivity contribution < 1.29 is 0 Å². The zero-order valence-electron chi connectivity index (χ0n) is 7.48. The van der Waals surface area contributed by atoms with Gasteiger partial charge in [-0.05, 0) is 18.8 Å². The molecule has 1 saturated carbocycles. The second-order valence-corrected chi connectivity index (χ2v) is 4.36. The van der Waals surface area contributed by atoms with Gasteiger partial charge >= 0.3 is 0 Å². The van der Waals surface area contributed by atoms with Crippen LogP contribution in [0.25, 0.3) is 0 Å². The van der Waals surface area contributed by atoms with E-state index in [4.69, 9.17) is 11.6 Å². The smallest absolute Gasteiger partial charge is 0.0336 e. The van der Waals surface area contributed by atoms with Gasteiger partial charge in [0.1, 0.15) is 0 Å². The average Bonchev–Trinajstić information content (AvgIpc) is 2.06. The number of rotatable bonds is 3. The Kier molecular flexibility index (Phi) is 4.29. The fraction of sp³-hybridized carbons (Fsp3) is 1.00. The minimum absolute atomic E-state index is 0.443. The molecule has 0 amide bonds. The summed E-state index contributed by atoms with van der Waals surface area (Å²) >= 11 is 6.10. The molecule has 1 aliphatic carbocycles. The molecule has 0 N–H and O–H groups in total. The van der Waals surface area contributed by atoms with E-state index in [0.29, 0.717) is 5.38 Å². The molecule has 1 rings (SSSR count). The lowest BCUT2D eigenvalue weighted by atomic mass is 9.86. The van der Waals surface area contributed by atoms with Crippen LogP contribution in [0.15, 0.2) is 0 Å². The quantitative estimate of drug-likeness (QED) is 0.568. The molecule has 0 radical (unpaired) electrons. The fourth-order valence-corrected chi connectivity index (χ4v) is 2.20. The maximum absolute atomic E-state index is 6.10. The molecule has 1 fully saturated rings. The third-order valence-corrected chi connectivity index (χ3v) is 3.24. The summed E-state index contributed by atoms with van der Waals surface area (Å²) in [5.41, 5.74) is 0. The second-order valence-electron chi connectivity index (χ2n) is 3.75. The Bertz CT molecular complexity index is 95.0. The van der Waals surface area contributed by atoms with E-state index in [1.54, 1.807) is 0 Å². The van der Waals surface area contributed by atoms with Crippen LogP contribution in [-0.2, 0) is 0 Å². The van der Waals surface area contributed by atoms with Crippen molar-refractivity contribution in [1.82, 2.24) is 0 Å². The van der Waals surface area contributed by atoms with E-state index >= 15 is 0 Å². The first-order chi connectivity index (χ1) is 5.33. The largest absolute Gasteiger partial charge is 0.123 e. The Hall–Kier alpha value is 0.290. The molecule has 0 aromatic rings. The summed E-state index contributed by atoms with van der Waals surface area (Å²) in [5.74, 6) is 0.950. The highest BCUT2D eigenvalue weighted by Crippen LogP contribution is 2.29. The Labute approximate surface area is 75.3 Å².